The van der Waals surface area contributed by atoms with Crippen molar-refractivity contribution in [1.82, 2.24) is 0 Å². The maximum absolute atomic E-state index is 11.0. The van der Waals surface area contributed by atoms with Crippen LogP contribution in [0.5, 0.6) is 0 Å². The van der Waals surface area contributed by atoms with Gasteiger partial charge in [-0.1, -0.05) is 13.8 Å². The van der Waals surface area contributed by atoms with Gasteiger partial charge in [-0.2, -0.15) is 0 Å². The van der Waals surface area contributed by atoms with Crippen LogP contribution in [0.1, 0.15) is 33.1 Å². The standard InChI is InChI=1S/C8H14O/c1-6(2)7-4-3-5-8(7)9/h6-7H,3-5H2,1-2H3. The Kier molecular flexibility index (Phi) is 1.89. The first kappa shape index (κ1) is 6.79. The number of carbonyl (C=O) groups is 1. The highest BCUT2D eigenvalue weighted by Crippen LogP contribution is 2.27. The summed E-state index contributed by atoms with van der Waals surface area (Å²) in [5.74, 6) is 1.45. The molecule has 0 aromatic rings. The zero-order valence-corrected chi connectivity index (χ0v) is 6.18. The first-order valence-electron chi connectivity index (χ1n) is 3.74. The molecule has 0 bridgehead atoms. The summed E-state index contributed by atoms with van der Waals surface area (Å²) in [6.07, 6.45) is 3.10. The zero-order chi connectivity index (χ0) is 6.85. The largest absolute Gasteiger partial charge is 0.299 e. The third kappa shape index (κ3) is 1.32. The molecule has 0 spiro atoms. The van der Waals surface area contributed by atoms with E-state index in [4.69, 9.17) is 0 Å². The molecule has 9 heavy (non-hydrogen) atoms. The maximum atomic E-state index is 11.0. The van der Waals surface area contributed by atoms with E-state index in [1.807, 2.05) is 0 Å². The Morgan fingerprint density at radius 1 is 1.56 bits per heavy atom. The molecule has 1 saturated carbocycles. The van der Waals surface area contributed by atoms with E-state index in [2.05, 4.69) is 13.8 Å². The average Bonchev–Trinajstić information content (AvgIpc) is 2.13. The Hall–Kier alpha value is -0.330. The Balaban J connectivity index is 2.49. The molecule has 1 rings (SSSR count). The monoisotopic (exact) mass is 126 g/mol. The van der Waals surface area contributed by atoms with Crippen LogP contribution in [-0.2, 0) is 4.79 Å². The van der Waals surface area contributed by atoms with Crippen molar-refractivity contribution in [2.45, 2.75) is 33.1 Å². The minimum absolute atomic E-state index is 0.394. The Morgan fingerprint density at radius 3 is 2.44 bits per heavy atom. The van der Waals surface area contributed by atoms with Crippen molar-refractivity contribution in [3.05, 3.63) is 0 Å². The quantitative estimate of drug-likeness (QED) is 0.525. The minimum Gasteiger partial charge on any atom is -0.299 e. The summed E-state index contributed by atoms with van der Waals surface area (Å²) >= 11 is 0. The number of carbonyl (C=O) groups excluding carboxylic acids is 1. The summed E-state index contributed by atoms with van der Waals surface area (Å²) in [6, 6.07) is 0. The fourth-order valence-electron chi connectivity index (χ4n) is 1.55. The van der Waals surface area contributed by atoms with E-state index < -0.39 is 0 Å². The van der Waals surface area contributed by atoms with E-state index in [1.165, 1.54) is 0 Å². The number of Topliss-reactive ketones (excluding diaryl/α,β-unsaturated/α-hetero) is 1. The third-order valence-corrected chi connectivity index (χ3v) is 2.16. The van der Waals surface area contributed by atoms with Crippen molar-refractivity contribution in [1.29, 1.82) is 0 Å². The molecule has 0 amide bonds. The van der Waals surface area contributed by atoms with Gasteiger partial charge in [-0.15, -0.1) is 0 Å². The van der Waals surface area contributed by atoms with Gasteiger partial charge >= 0.3 is 0 Å². The van der Waals surface area contributed by atoms with Crippen LogP contribution < -0.4 is 0 Å². The number of ketones is 1. The molecule has 0 aromatic carbocycles. The highest BCUT2D eigenvalue weighted by Gasteiger charge is 2.26. The van der Waals surface area contributed by atoms with E-state index >= 15 is 0 Å². The van der Waals surface area contributed by atoms with Gasteiger partial charge in [0, 0.05) is 12.3 Å². The van der Waals surface area contributed by atoms with Crippen LogP contribution in [0.4, 0.5) is 0 Å². The lowest BCUT2D eigenvalue weighted by molar-refractivity contribution is -0.121. The summed E-state index contributed by atoms with van der Waals surface area (Å²) in [5, 5.41) is 0. The molecule has 1 heteroatoms. The first-order chi connectivity index (χ1) is 4.22. The van der Waals surface area contributed by atoms with Gasteiger partial charge in [0.2, 0.25) is 0 Å². The van der Waals surface area contributed by atoms with Gasteiger partial charge in [-0.3, -0.25) is 4.79 Å². The second-order valence-electron chi connectivity index (χ2n) is 3.21. The van der Waals surface area contributed by atoms with E-state index in [0.29, 0.717) is 17.6 Å². The zero-order valence-electron chi connectivity index (χ0n) is 6.18. The molecule has 0 aromatic heterocycles. The number of hydrogen-bond acceptors (Lipinski definition) is 1. The van der Waals surface area contributed by atoms with Gasteiger partial charge in [0.1, 0.15) is 5.78 Å². The molecule has 0 N–H and O–H groups in total. The number of hydrogen-bond donors (Lipinski definition) is 0. The molecule has 1 unspecified atom stereocenters. The van der Waals surface area contributed by atoms with Crippen LogP contribution in [0, 0.1) is 11.8 Å². The predicted molar refractivity (Wildman–Crippen MR) is 37.2 cm³/mol. The van der Waals surface area contributed by atoms with Gasteiger partial charge in [-0.25, -0.2) is 0 Å². The molecule has 52 valence electrons. The normalized spacial score (nSPS) is 27.9. The summed E-state index contributed by atoms with van der Waals surface area (Å²) in [7, 11) is 0. The van der Waals surface area contributed by atoms with E-state index in [1.54, 1.807) is 0 Å². The van der Waals surface area contributed by atoms with Crippen molar-refractivity contribution < 1.29 is 4.79 Å². The van der Waals surface area contributed by atoms with Crippen LogP contribution in [0.3, 0.4) is 0 Å². The number of rotatable bonds is 1. The lowest BCUT2D eigenvalue weighted by Gasteiger charge is -2.10. The Labute approximate surface area is 56.4 Å². The smallest absolute Gasteiger partial charge is 0.136 e. The highest BCUT2D eigenvalue weighted by molar-refractivity contribution is 5.82. The van der Waals surface area contributed by atoms with Crippen LogP contribution >= 0.6 is 0 Å². The van der Waals surface area contributed by atoms with Crippen molar-refractivity contribution in [2.24, 2.45) is 11.8 Å². The lowest BCUT2D eigenvalue weighted by Crippen LogP contribution is -2.12. The second kappa shape index (κ2) is 2.51. The molecular weight excluding hydrogens is 112 g/mol. The lowest BCUT2D eigenvalue weighted by atomic mass is 9.94. The van der Waals surface area contributed by atoms with Crippen molar-refractivity contribution >= 4 is 5.78 Å². The predicted octanol–water partition coefficient (Wildman–Crippen LogP) is 2.01. The van der Waals surface area contributed by atoms with Crippen LogP contribution in [-0.4, -0.2) is 5.78 Å². The molecular formula is C8H14O. The summed E-state index contributed by atoms with van der Waals surface area (Å²) in [4.78, 5) is 11.0. The van der Waals surface area contributed by atoms with E-state index in [0.717, 1.165) is 19.3 Å². The maximum Gasteiger partial charge on any atom is 0.136 e. The van der Waals surface area contributed by atoms with Gasteiger partial charge in [0.05, 0.1) is 0 Å². The Bertz CT molecular complexity index is 116. The van der Waals surface area contributed by atoms with Gasteiger partial charge in [0.25, 0.3) is 0 Å². The van der Waals surface area contributed by atoms with Gasteiger partial charge < -0.3 is 0 Å². The van der Waals surface area contributed by atoms with Gasteiger partial charge in [0.15, 0.2) is 0 Å². The molecule has 0 heterocycles. The van der Waals surface area contributed by atoms with Crippen molar-refractivity contribution in [3.63, 3.8) is 0 Å². The molecule has 1 atom stereocenters. The minimum atomic E-state index is 0.394. The topological polar surface area (TPSA) is 17.1 Å². The van der Waals surface area contributed by atoms with Crippen molar-refractivity contribution in [2.75, 3.05) is 0 Å². The van der Waals surface area contributed by atoms with Crippen LogP contribution in [0.15, 0.2) is 0 Å². The van der Waals surface area contributed by atoms with Crippen LogP contribution in [0.25, 0.3) is 0 Å². The molecule has 0 aliphatic heterocycles. The molecule has 1 nitrogen and oxygen atoms in total. The Morgan fingerprint density at radius 2 is 2.22 bits per heavy atom. The summed E-state index contributed by atoms with van der Waals surface area (Å²) in [6.45, 7) is 4.27. The van der Waals surface area contributed by atoms with E-state index in [-0.39, 0.29) is 0 Å². The average molecular weight is 126 g/mol. The molecule has 1 aliphatic carbocycles. The first-order valence-corrected chi connectivity index (χ1v) is 3.74. The molecule has 0 radical (unpaired) electrons. The van der Waals surface area contributed by atoms with Crippen LogP contribution in [0.2, 0.25) is 0 Å². The SMILES string of the molecule is CC(C)C1CCCC1=O. The molecule has 0 saturated heterocycles. The molecule has 1 fully saturated rings. The van der Waals surface area contributed by atoms with Crippen molar-refractivity contribution in [3.8, 4) is 0 Å². The fourth-order valence-corrected chi connectivity index (χ4v) is 1.55. The fraction of sp³-hybridized carbons (Fsp3) is 0.875. The van der Waals surface area contributed by atoms with E-state index in [9.17, 15) is 4.79 Å². The molecule has 1 aliphatic rings. The third-order valence-electron chi connectivity index (χ3n) is 2.16. The van der Waals surface area contributed by atoms with Gasteiger partial charge in [-0.05, 0) is 18.8 Å². The summed E-state index contributed by atoms with van der Waals surface area (Å²) in [5.41, 5.74) is 0. The summed E-state index contributed by atoms with van der Waals surface area (Å²) < 4.78 is 0. The highest BCUT2D eigenvalue weighted by atomic mass is 16.1. The second-order valence-corrected chi connectivity index (χ2v) is 3.21.